The van der Waals surface area contributed by atoms with Gasteiger partial charge in [-0.3, -0.25) is 5.41 Å². The summed E-state index contributed by atoms with van der Waals surface area (Å²) in [6, 6.07) is 2.98. The van der Waals surface area contributed by atoms with Crippen LogP contribution in [-0.2, 0) is 0 Å². The fraction of sp³-hybridized carbons (Fsp3) is 0.167. The number of ether oxygens (including phenoxy) is 1. The lowest BCUT2D eigenvalue weighted by Gasteiger charge is -1.99. The molecule has 0 fully saturated rings. The first-order valence-electron chi connectivity index (χ1n) is 2.74. The van der Waals surface area contributed by atoms with Gasteiger partial charge in [0.15, 0.2) is 5.49 Å². The van der Waals surface area contributed by atoms with Gasteiger partial charge < -0.3 is 9.94 Å². The maximum absolute atomic E-state index is 8.81. The quantitative estimate of drug-likeness (QED) is 0.548. The number of rotatable bonds is 1. The number of nitrogens with zero attached hydrogens (tertiary/aromatic N) is 1. The van der Waals surface area contributed by atoms with Gasteiger partial charge in [-0.05, 0) is 0 Å². The van der Waals surface area contributed by atoms with Crippen molar-refractivity contribution in [3.05, 3.63) is 23.8 Å². The molecule has 0 atom stereocenters. The lowest BCUT2D eigenvalue weighted by molar-refractivity contribution is 0.169. The van der Waals surface area contributed by atoms with Gasteiger partial charge in [0.25, 0.3) is 0 Å². The summed E-state index contributed by atoms with van der Waals surface area (Å²) < 4.78 is 5.52. The Bertz CT molecular complexity index is 279. The second-order valence-corrected chi connectivity index (χ2v) is 1.80. The van der Waals surface area contributed by atoms with Gasteiger partial charge in [0.05, 0.1) is 7.11 Å². The van der Waals surface area contributed by atoms with Gasteiger partial charge in [-0.25, -0.2) is 0 Å². The lowest BCUT2D eigenvalue weighted by Crippen LogP contribution is -2.15. The molecule has 1 heterocycles. The number of hydrogen-bond donors (Lipinski definition) is 2. The molecule has 4 nitrogen and oxygen atoms in total. The van der Waals surface area contributed by atoms with Crippen molar-refractivity contribution in [3.8, 4) is 5.75 Å². The van der Waals surface area contributed by atoms with Crippen LogP contribution in [0.25, 0.3) is 0 Å². The van der Waals surface area contributed by atoms with Crippen molar-refractivity contribution in [2.75, 3.05) is 7.11 Å². The van der Waals surface area contributed by atoms with Crippen molar-refractivity contribution in [2.24, 2.45) is 0 Å². The standard InChI is InChI=1S/C6H8N2O2/c1-10-5-2-3-8(9)6(7)4-5/h2-4,7,9H,1H3. The molecule has 1 aromatic rings. The molecular weight excluding hydrogens is 132 g/mol. The summed E-state index contributed by atoms with van der Waals surface area (Å²) in [6.07, 6.45) is 1.35. The summed E-state index contributed by atoms with van der Waals surface area (Å²) in [5, 5.41) is 15.9. The van der Waals surface area contributed by atoms with E-state index in [9.17, 15) is 0 Å². The number of hydrogen-bond acceptors (Lipinski definition) is 3. The maximum atomic E-state index is 8.81. The molecule has 0 saturated carbocycles. The zero-order valence-electron chi connectivity index (χ0n) is 5.53. The van der Waals surface area contributed by atoms with Crippen LogP contribution in [0.3, 0.4) is 0 Å². The van der Waals surface area contributed by atoms with Crippen LogP contribution in [0, 0.1) is 5.41 Å². The van der Waals surface area contributed by atoms with E-state index in [0.29, 0.717) is 10.5 Å². The highest BCUT2D eigenvalue weighted by molar-refractivity contribution is 5.16. The Balaban J connectivity index is 3.17. The van der Waals surface area contributed by atoms with Gasteiger partial charge in [0.2, 0.25) is 0 Å². The second kappa shape index (κ2) is 2.43. The number of nitrogens with one attached hydrogen (secondary N) is 1. The van der Waals surface area contributed by atoms with Crippen molar-refractivity contribution < 1.29 is 9.94 Å². The molecule has 10 heavy (non-hydrogen) atoms. The average molecular weight is 140 g/mol. The molecule has 0 saturated heterocycles. The second-order valence-electron chi connectivity index (χ2n) is 1.80. The van der Waals surface area contributed by atoms with Gasteiger partial charge in [-0.15, -0.1) is 0 Å². The van der Waals surface area contributed by atoms with Crippen LogP contribution in [-0.4, -0.2) is 17.0 Å². The van der Waals surface area contributed by atoms with E-state index in [1.807, 2.05) is 0 Å². The van der Waals surface area contributed by atoms with Gasteiger partial charge in [-0.2, -0.15) is 4.73 Å². The average Bonchev–Trinajstić information content (AvgIpc) is 1.95. The van der Waals surface area contributed by atoms with Crippen molar-refractivity contribution in [3.63, 3.8) is 0 Å². The van der Waals surface area contributed by atoms with Crippen LogP contribution in [0.4, 0.5) is 0 Å². The van der Waals surface area contributed by atoms with Crippen LogP contribution in [0.5, 0.6) is 5.75 Å². The Morgan fingerprint density at radius 3 is 2.90 bits per heavy atom. The molecule has 4 heteroatoms. The van der Waals surface area contributed by atoms with E-state index < -0.39 is 0 Å². The van der Waals surface area contributed by atoms with E-state index in [0.717, 1.165) is 0 Å². The summed E-state index contributed by atoms with van der Waals surface area (Å²) in [6.45, 7) is 0. The molecule has 0 bridgehead atoms. The first-order chi connectivity index (χ1) is 4.74. The third-order valence-electron chi connectivity index (χ3n) is 1.14. The zero-order valence-corrected chi connectivity index (χ0v) is 5.53. The van der Waals surface area contributed by atoms with Gasteiger partial charge in [-0.1, -0.05) is 0 Å². The van der Waals surface area contributed by atoms with Crippen LogP contribution >= 0.6 is 0 Å². The lowest BCUT2D eigenvalue weighted by atomic mass is 10.4. The molecule has 0 aliphatic rings. The summed E-state index contributed by atoms with van der Waals surface area (Å²) in [5.74, 6) is 0.565. The normalized spacial score (nSPS) is 9.30. The predicted octanol–water partition coefficient (Wildman–Crippen LogP) is 0.213. The highest BCUT2D eigenvalue weighted by atomic mass is 16.5. The molecule has 0 spiro atoms. The van der Waals surface area contributed by atoms with Crippen molar-refractivity contribution in [2.45, 2.75) is 0 Å². The van der Waals surface area contributed by atoms with E-state index in [-0.39, 0.29) is 5.49 Å². The van der Waals surface area contributed by atoms with Gasteiger partial charge >= 0.3 is 0 Å². The van der Waals surface area contributed by atoms with E-state index >= 15 is 0 Å². The maximum Gasteiger partial charge on any atom is 0.164 e. The van der Waals surface area contributed by atoms with E-state index in [2.05, 4.69) is 0 Å². The molecule has 0 aromatic carbocycles. The minimum atomic E-state index is -0.000602. The number of aromatic nitrogens is 1. The molecule has 1 aromatic heterocycles. The highest BCUT2D eigenvalue weighted by Gasteiger charge is 1.90. The van der Waals surface area contributed by atoms with Crippen molar-refractivity contribution in [1.29, 1.82) is 5.41 Å². The minimum absolute atomic E-state index is 0.000602. The summed E-state index contributed by atoms with van der Waals surface area (Å²) >= 11 is 0. The number of methoxy groups -OCH3 is 1. The van der Waals surface area contributed by atoms with Gasteiger partial charge in [0.1, 0.15) is 5.75 Å². The van der Waals surface area contributed by atoms with E-state index in [4.69, 9.17) is 15.4 Å². The molecule has 0 unspecified atom stereocenters. The fourth-order valence-electron chi connectivity index (χ4n) is 0.600. The molecule has 2 N–H and O–H groups in total. The minimum Gasteiger partial charge on any atom is -0.497 e. The smallest absolute Gasteiger partial charge is 0.164 e. The summed E-state index contributed by atoms with van der Waals surface area (Å²) in [5.41, 5.74) is -0.000602. The third-order valence-corrected chi connectivity index (χ3v) is 1.14. The SMILES string of the molecule is COc1ccn(O)c(=N)c1. The molecule has 0 aliphatic carbocycles. The van der Waals surface area contributed by atoms with E-state index in [1.165, 1.54) is 19.4 Å². The largest absolute Gasteiger partial charge is 0.497 e. The Labute approximate surface area is 57.8 Å². The monoisotopic (exact) mass is 140 g/mol. The molecule has 0 amide bonds. The predicted molar refractivity (Wildman–Crippen MR) is 34.0 cm³/mol. The van der Waals surface area contributed by atoms with Crippen LogP contribution < -0.4 is 10.2 Å². The molecule has 0 radical (unpaired) electrons. The Kier molecular flexibility index (Phi) is 1.62. The van der Waals surface area contributed by atoms with Gasteiger partial charge in [0, 0.05) is 18.3 Å². The molecular formula is C6H8N2O2. The highest BCUT2D eigenvalue weighted by Crippen LogP contribution is 2.01. The Morgan fingerprint density at radius 1 is 1.70 bits per heavy atom. The first kappa shape index (κ1) is 6.67. The zero-order chi connectivity index (χ0) is 7.56. The number of pyridine rings is 1. The van der Waals surface area contributed by atoms with E-state index in [1.54, 1.807) is 6.07 Å². The molecule has 54 valence electrons. The topological polar surface area (TPSA) is 58.2 Å². The summed E-state index contributed by atoms with van der Waals surface area (Å²) in [4.78, 5) is 0. The molecule has 1 rings (SSSR count). The van der Waals surface area contributed by atoms with Crippen LogP contribution in [0.2, 0.25) is 0 Å². The van der Waals surface area contributed by atoms with Crippen LogP contribution in [0.15, 0.2) is 18.3 Å². The van der Waals surface area contributed by atoms with Crippen molar-refractivity contribution in [1.82, 2.24) is 4.73 Å². The first-order valence-corrected chi connectivity index (χ1v) is 2.74. The third kappa shape index (κ3) is 1.10. The van der Waals surface area contributed by atoms with Crippen LogP contribution in [0.1, 0.15) is 0 Å². The van der Waals surface area contributed by atoms with Crippen molar-refractivity contribution >= 4 is 0 Å². The Morgan fingerprint density at radius 2 is 2.40 bits per heavy atom. The fourth-order valence-corrected chi connectivity index (χ4v) is 0.600. The molecule has 0 aliphatic heterocycles. The Hall–Kier alpha value is -1.45. The summed E-state index contributed by atoms with van der Waals surface area (Å²) in [7, 11) is 1.51.